The van der Waals surface area contributed by atoms with Gasteiger partial charge in [0.1, 0.15) is 11.4 Å². The third-order valence-corrected chi connectivity index (χ3v) is 2.63. The molecule has 0 unspecified atom stereocenters. The molecule has 2 N–H and O–H groups in total. The van der Waals surface area contributed by atoms with E-state index in [1.807, 2.05) is 23.7 Å². The van der Waals surface area contributed by atoms with Crippen LogP contribution < -0.4 is 5.73 Å². The van der Waals surface area contributed by atoms with Gasteiger partial charge in [-0.15, -0.1) is 10.2 Å². The van der Waals surface area contributed by atoms with Gasteiger partial charge in [-0.25, -0.2) is 4.98 Å². The van der Waals surface area contributed by atoms with Crippen LogP contribution >= 0.6 is 11.8 Å². The zero-order valence-corrected chi connectivity index (χ0v) is 8.40. The largest absolute Gasteiger partial charge is 0.397 e. The van der Waals surface area contributed by atoms with E-state index >= 15 is 0 Å². The number of pyridine rings is 1. The van der Waals surface area contributed by atoms with E-state index in [0.29, 0.717) is 5.69 Å². The Balaban J connectivity index is 2.19. The molecule has 0 atom stereocenters. The van der Waals surface area contributed by atoms with E-state index in [1.54, 1.807) is 12.5 Å². The Morgan fingerprint density at radius 2 is 2.29 bits per heavy atom. The zero-order chi connectivity index (χ0) is 9.97. The first-order chi connectivity index (χ1) is 6.75. The van der Waals surface area contributed by atoms with E-state index in [9.17, 15) is 0 Å². The SMILES string of the molecule is Cn1cnnc1Sc1ccc(N)cn1. The van der Waals surface area contributed by atoms with E-state index in [4.69, 9.17) is 5.73 Å². The number of nitrogen functional groups attached to an aromatic ring is 1. The van der Waals surface area contributed by atoms with Crippen LogP contribution in [0.5, 0.6) is 0 Å². The molecular weight excluding hydrogens is 198 g/mol. The smallest absolute Gasteiger partial charge is 0.197 e. The molecule has 0 spiro atoms. The van der Waals surface area contributed by atoms with E-state index in [0.717, 1.165) is 10.2 Å². The minimum Gasteiger partial charge on any atom is -0.397 e. The molecule has 0 aromatic carbocycles. The Labute approximate surface area is 85.4 Å². The Bertz CT molecular complexity index is 422. The second kappa shape index (κ2) is 3.67. The van der Waals surface area contributed by atoms with Crippen molar-refractivity contribution >= 4 is 17.4 Å². The molecule has 0 aliphatic heterocycles. The molecule has 72 valence electrons. The molecule has 0 saturated heterocycles. The van der Waals surface area contributed by atoms with Crippen molar-refractivity contribution in [3.05, 3.63) is 24.7 Å². The lowest BCUT2D eigenvalue weighted by molar-refractivity contribution is 0.787. The van der Waals surface area contributed by atoms with Gasteiger partial charge in [-0.1, -0.05) is 0 Å². The van der Waals surface area contributed by atoms with Gasteiger partial charge >= 0.3 is 0 Å². The average Bonchev–Trinajstić information content (AvgIpc) is 2.56. The normalized spacial score (nSPS) is 10.4. The van der Waals surface area contributed by atoms with E-state index in [1.165, 1.54) is 11.8 Å². The van der Waals surface area contributed by atoms with Crippen molar-refractivity contribution in [2.75, 3.05) is 5.73 Å². The van der Waals surface area contributed by atoms with Crippen molar-refractivity contribution in [2.24, 2.45) is 7.05 Å². The number of aromatic nitrogens is 4. The second-order valence-electron chi connectivity index (χ2n) is 2.76. The molecule has 0 aliphatic carbocycles. The standard InChI is InChI=1S/C8H9N5S/c1-13-5-11-12-8(13)14-7-3-2-6(9)4-10-7/h2-5H,9H2,1H3. The fraction of sp³-hybridized carbons (Fsp3) is 0.125. The van der Waals surface area contributed by atoms with Gasteiger partial charge in [-0.2, -0.15) is 0 Å². The number of nitrogens with zero attached hydrogens (tertiary/aromatic N) is 4. The molecule has 2 aromatic rings. The summed E-state index contributed by atoms with van der Waals surface area (Å²) in [6.45, 7) is 0. The van der Waals surface area contributed by atoms with Gasteiger partial charge in [0.2, 0.25) is 0 Å². The van der Waals surface area contributed by atoms with Gasteiger partial charge in [0, 0.05) is 7.05 Å². The highest BCUT2D eigenvalue weighted by atomic mass is 32.2. The van der Waals surface area contributed by atoms with Gasteiger partial charge in [0.15, 0.2) is 5.16 Å². The zero-order valence-electron chi connectivity index (χ0n) is 7.58. The van der Waals surface area contributed by atoms with Crippen molar-refractivity contribution in [3.8, 4) is 0 Å². The lowest BCUT2D eigenvalue weighted by atomic mass is 10.4. The summed E-state index contributed by atoms with van der Waals surface area (Å²) in [7, 11) is 1.89. The van der Waals surface area contributed by atoms with Gasteiger partial charge in [0.05, 0.1) is 11.9 Å². The molecule has 0 aliphatic rings. The minimum absolute atomic E-state index is 0.660. The maximum atomic E-state index is 5.53. The molecule has 2 heterocycles. The van der Waals surface area contributed by atoms with E-state index in [2.05, 4.69) is 15.2 Å². The van der Waals surface area contributed by atoms with Crippen LogP contribution in [0.2, 0.25) is 0 Å². The fourth-order valence-corrected chi connectivity index (χ4v) is 1.62. The molecule has 5 nitrogen and oxygen atoms in total. The predicted molar refractivity (Wildman–Crippen MR) is 53.8 cm³/mol. The Morgan fingerprint density at radius 1 is 1.43 bits per heavy atom. The number of nitrogens with two attached hydrogens (primary N) is 1. The Kier molecular flexibility index (Phi) is 2.36. The summed E-state index contributed by atoms with van der Waals surface area (Å²) in [5.41, 5.74) is 6.18. The first-order valence-corrected chi connectivity index (χ1v) is 4.81. The van der Waals surface area contributed by atoms with Crippen LogP contribution in [0.25, 0.3) is 0 Å². The molecule has 2 aromatic heterocycles. The lowest BCUT2D eigenvalue weighted by Crippen LogP contribution is -1.90. The molecule has 6 heteroatoms. The second-order valence-corrected chi connectivity index (χ2v) is 3.74. The lowest BCUT2D eigenvalue weighted by Gasteiger charge is -1.99. The molecule has 0 radical (unpaired) electrons. The minimum atomic E-state index is 0.660. The number of anilines is 1. The van der Waals surface area contributed by atoms with E-state index in [-0.39, 0.29) is 0 Å². The maximum absolute atomic E-state index is 5.53. The highest BCUT2D eigenvalue weighted by Gasteiger charge is 2.03. The first kappa shape index (κ1) is 9.01. The highest BCUT2D eigenvalue weighted by molar-refractivity contribution is 7.99. The number of aryl methyl sites for hydroxylation is 1. The molecular formula is C8H9N5S. The Hall–Kier alpha value is -1.56. The van der Waals surface area contributed by atoms with Crippen LogP contribution in [0.3, 0.4) is 0 Å². The quantitative estimate of drug-likeness (QED) is 0.793. The summed E-state index contributed by atoms with van der Waals surface area (Å²) in [5.74, 6) is 0. The third-order valence-electron chi connectivity index (χ3n) is 1.62. The van der Waals surface area contributed by atoms with E-state index < -0.39 is 0 Å². The maximum Gasteiger partial charge on any atom is 0.197 e. The monoisotopic (exact) mass is 207 g/mol. The Morgan fingerprint density at radius 3 is 2.86 bits per heavy atom. The number of hydrogen-bond acceptors (Lipinski definition) is 5. The van der Waals surface area contributed by atoms with Crippen LogP contribution in [-0.4, -0.2) is 19.7 Å². The number of hydrogen-bond donors (Lipinski definition) is 1. The topological polar surface area (TPSA) is 69.6 Å². The van der Waals surface area contributed by atoms with Crippen LogP contribution in [0.15, 0.2) is 34.8 Å². The molecule has 0 fully saturated rings. The van der Waals surface area contributed by atoms with Crippen LogP contribution in [0.1, 0.15) is 0 Å². The summed E-state index contributed by atoms with van der Waals surface area (Å²) in [6, 6.07) is 3.67. The van der Waals surface area contributed by atoms with Crippen molar-refractivity contribution in [1.82, 2.24) is 19.7 Å². The van der Waals surface area contributed by atoms with Crippen LogP contribution in [0.4, 0.5) is 5.69 Å². The predicted octanol–water partition coefficient (Wildman–Crippen LogP) is 0.943. The first-order valence-electron chi connectivity index (χ1n) is 3.99. The fourth-order valence-electron chi connectivity index (χ4n) is 0.911. The van der Waals surface area contributed by atoms with Gasteiger partial charge in [-0.05, 0) is 23.9 Å². The average molecular weight is 207 g/mol. The third kappa shape index (κ3) is 1.85. The van der Waals surface area contributed by atoms with Gasteiger partial charge in [-0.3, -0.25) is 0 Å². The van der Waals surface area contributed by atoms with Crippen molar-refractivity contribution < 1.29 is 0 Å². The molecule has 2 rings (SSSR count). The van der Waals surface area contributed by atoms with Crippen molar-refractivity contribution in [1.29, 1.82) is 0 Å². The summed E-state index contributed by atoms with van der Waals surface area (Å²) in [6.07, 6.45) is 3.28. The van der Waals surface area contributed by atoms with Crippen LogP contribution in [-0.2, 0) is 7.05 Å². The van der Waals surface area contributed by atoms with Crippen molar-refractivity contribution in [2.45, 2.75) is 10.2 Å². The highest BCUT2D eigenvalue weighted by Crippen LogP contribution is 2.23. The van der Waals surface area contributed by atoms with Gasteiger partial charge < -0.3 is 10.3 Å². The summed E-state index contributed by atoms with van der Waals surface area (Å²) < 4.78 is 1.84. The van der Waals surface area contributed by atoms with Crippen LogP contribution in [0, 0.1) is 0 Å². The summed E-state index contributed by atoms with van der Waals surface area (Å²) >= 11 is 1.45. The molecule has 0 amide bonds. The molecule has 0 bridgehead atoms. The molecule has 14 heavy (non-hydrogen) atoms. The number of rotatable bonds is 2. The van der Waals surface area contributed by atoms with Crippen molar-refractivity contribution in [3.63, 3.8) is 0 Å². The summed E-state index contributed by atoms with van der Waals surface area (Å²) in [4.78, 5) is 4.15. The summed E-state index contributed by atoms with van der Waals surface area (Å²) in [5, 5.41) is 9.38. The molecule has 0 saturated carbocycles. The van der Waals surface area contributed by atoms with Gasteiger partial charge in [0.25, 0.3) is 0 Å².